The van der Waals surface area contributed by atoms with E-state index in [1.54, 1.807) is 4.90 Å². The Hall–Kier alpha value is -1.59. The van der Waals surface area contributed by atoms with Gasteiger partial charge in [0.15, 0.2) is 0 Å². The lowest BCUT2D eigenvalue weighted by Gasteiger charge is -2.21. The first-order valence-electron chi connectivity index (χ1n) is 7.66. The summed E-state index contributed by atoms with van der Waals surface area (Å²) >= 11 is 0. The van der Waals surface area contributed by atoms with Crippen molar-refractivity contribution in [3.05, 3.63) is 29.8 Å². The van der Waals surface area contributed by atoms with Crippen LogP contribution in [0.25, 0.3) is 0 Å². The van der Waals surface area contributed by atoms with Crippen LogP contribution in [0.4, 0.5) is 5.69 Å². The summed E-state index contributed by atoms with van der Waals surface area (Å²) in [5, 5.41) is 3.30. The molecule has 1 N–H and O–H groups in total. The second-order valence-electron chi connectivity index (χ2n) is 5.59. The predicted octanol–water partition coefficient (Wildman–Crippen LogP) is 1.67. The third kappa shape index (κ3) is 3.59. The standard InChI is InChI=1S/C16H21N3O2.ClH/c20-15-3-1-11-19(15)14-6-4-13(5-7-14)16(21)18-10-2-8-17-9-12-18;/h4-7,17H,1-3,8-12H2;1H. The molecule has 0 unspecified atom stereocenters. The normalized spacial score (nSPS) is 18.8. The maximum atomic E-state index is 12.5. The number of hydrogen-bond donors (Lipinski definition) is 1. The zero-order chi connectivity index (χ0) is 14.7. The van der Waals surface area contributed by atoms with Crippen molar-refractivity contribution in [2.45, 2.75) is 19.3 Å². The SMILES string of the molecule is Cl.O=C(c1ccc(N2CCCC2=O)cc1)N1CCCNCC1. The molecule has 0 atom stereocenters. The van der Waals surface area contributed by atoms with Gasteiger partial charge in [-0.1, -0.05) is 0 Å². The number of nitrogens with one attached hydrogen (secondary N) is 1. The van der Waals surface area contributed by atoms with Crippen LogP contribution in [0, 0.1) is 0 Å². The summed E-state index contributed by atoms with van der Waals surface area (Å²) in [5.74, 6) is 0.255. The predicted molar refractivity (Wildman–Crippen MR) is 88.7 cm³/mol. The van der Waals surface area contributed by atoms with Gasteiger partial charge in [0.1, 0.15) is 0 Å². The number of carbonyl (C=O) groups excluding carboxylic acids is 2. The minimum Gasteiger partial charge on any atom is -0.337 e. The van der Waals surface area contributed by atoms with E-state index < -0.39 is 0 Å². The minimum atomic E-state index is 0. The molecule has 0 aliphatic carbocycles. The summed E-state index contributed by atoms with van der Waals surface area (Å²) in [7, 11) is 0. The highest BCUT2D eigenvalue weighted by atomic mass is 35.5. The van der Waals surface area contributed by atoms with Crippen LogP contribution in [-0.2, 0) is 4.79 Å². The average Bonchev–Trinajstić information content (AvgIpc) is 2.78. The Labute approximate surface area is 137 Å². The van der Waals surface area contributed by atoms with Gasteiger partial charge in [0.25, 0.3) is 5.91 Å². The van der Waals surface area contributed by atoms with Gasteiger partial charge in [-0.05, 0) is 43.7 Å². The molecule has 3 rings (SSSR count). The van der Waals surface area contributed by atoms with Gasteiger partial charge in [-0.2, -0.15) is 0 Å². The fourth-order valence-electron chi connectivity index (χ4n) is 2.94. The number of benzene rings is 1. The van der Waals surface area contributed by atoms with Gasteiger partial charge in [0.05, 0.1) is 0 Å². The number of amides is 2. The van der Waals surface area contributed by atoms with Crippen molar-refractivity contribution in [2.24, 2.45) is 0 Å². The van der Waals surface area contributed by atoms with Crippen molar-refractivity contribution in [3.8, 4) is 0 Å². The second-order valence-corrected chi connectivity index (χ2v) is 5.59. The van der Waals surface area contributed by atoms with E-state index in [0.717, 1.165) is 51.3 Å². The largest absolute Gasteiger partial charge is 0.337 e. The molecule has 0 bridgehead atoms. The first-order chi connectivity index (χ1) is 10.3. The molecule has 2 heterocycles. The first kappa shape index (κ1) is 16.8. The van der Waals surface area contributed by atoms with Gasteiger partial charge in [-0.25, -0.2) is 0 Å². The van der Waals surface area contributed by atoms with Crippen molar-refractivity contribution in [1.82, 2.24) is 10.2 Å². The maximum Gasteiger partial charge on any atom is 0.253 e. The highest BCUT2D eigenvalue weighted by molar-refractivity contribution is 5.97. The Morgan fingerprint density at radius 3 is 2.45 bits per heavy atom. The number of nitrogens with zero attached hydrogens (tertiary/aromatic N) is 2. The molecule has 2 aliphatic heterocycles. The van der Waals surface area contributed by atoms with Gasteiger partial charge in [0.2, 0.25) is 5.91 Å². The Morgan fingerprint density at radius 2 is 1.77 bits per heavy atom. The summed E-state index contributed by atoms with van der Waals surface area (Å²) in [4.78, 5) is 27.9. The van der Waals surface area contributed by atoms with Crippen LogP contribution in [0.3, 0.4) is 0 Å². The zero-order valence-corrected chi connectivity index (χ0v) is 13.4. The van der Waals surface area contributed by atoms with E-state index in [1.165, 1.54) is 0 Å². The molecule has 6 heteroatoms. The summed E-state index contributed by atoms with van der Waals surface area (Å²) in [5.41, 5.74) is 1.60. The van der Waals surface area contributed by atoms with Crippen molar-refractivity contribution in [1.29, 1.82) is 0 Å². The van der Waals surface area contributed by atoms with E-state index in [1.807, 2.05) is 29.2 Å². The molecule has 1 aromatic carbocycles. The lowest BCUT2D eigenvalue weighted by molar-refractivity contribution is -0.117. The molecule has 5 nitrogen and oxygen atoms in total. The molecular formula is C16H22ClN3O2. The topological polar surface area (TPSA) is 52.7 Å². The molecule has 2 amide bonds. The van der Waals surface area contributed by atoms with Gasteiger partial charge in [-0.15, -0.1) is 12.4 Å². The lowest BCUT2D eigenvalue weighted by Crippen LogP contribution is -2.34. The summed E-state index contributed by atoms with van der Waals surface area (Å²) in [6.07, 6.45) is 2.54. The van der Waals surface area contributed by atoms with Gasteiger partial charge < -0.3 is 15.1 Å². The van der Waals surface area contributed by atoms with E-state index >= 15 is 0 Å². The monoisotopic (exact) mass is 323 g/mol. The first-order valence-corrected chi connectivity index (χ1v) is 7.66. The Balaban J connectivity index is 0.00000176. The molecule has 0 spiro atoms. The highest BCUT2D eigenvalue weighted by Gasteiger charge is 2.22. The molecule has 0 saturated carbocycles. The number of carbonyl (C=O) groups is 2. The van der Waals surface area contributed by atoms with E-state index in [0.29, 0.717) is 12.0 Å². The van der Waals surface area contributed by atoms with Gasteiger partial charge >= 0.3 is 0 Å². The van der Waals surface area contributed by atoms with E-state index in [9.17, 15) is 9.59 Å². The van der Waals surface area contributed by atoms with Crippen LogP contribution in [-0.4, -0.2) is 49.4 Å². The van der Waals surface area contributed by atoms with Crippen LogP contribution < -0.4 is 10.2 Å². The zero-order valence-electron chi connectivity index (χ0n) is 12.6. The van der Waals surface area contributed by atoms with Crippen LogP contribution in [0.1, 0.15) is 29.6 Å². The van der Waals surface area contributed by atoms with E-state index in [-0.39, 0.29) is 24.2 Å². The van der Waals surface area contributed by atoms with Crippen LogP contribution in [0.2, 0.25) is 0 Å². The fraction of sp³-hybridized carbons (Fsp3) is 0.500. The van der Waals surface area contributed by atoms with Crippen molar-refractivity contribution in [2.75, 3.05) is 37.6 Å². The molecule has 22 heavy (non-hydrogen) atoms. The minimum absolute atomic E-state index is 0. The van der Waals surface area contributed by atoms with Crippen LogP contribution >= 0.6 is 12.4 Å². The lowest BCUT2D eigenvalue weighted by atomic mass is 10.1. The number of anilines is 1. The molecule has 2 aliphatic rings. The third-order valence-electron chi connectivity index (χ3n) is 4.13. The Bertz CT molecular complexity index is 525. The third-order valence-corrected chi connectivity index (χ3v) is 4.13. The molecule has 120 valence electrons. The highest BCUT2D eigenvalue weighted by Crippen LogP contribution is 2.22. The van der Waals surface area contributed by atoms with Gasteiger partial charge in [-0.3, -0.25) is 9.59 Å². The quantitative estimate of drug-likeness (QED) is 0.901. The number of rotatable bonds is 2. The maximum absolute atomic E-state index is 12.5. The molecule has 0 radical (unpaired) electrons. The molecule has 0 aromatic heterocycles. The van der Waals surface area contributed by atoms with Crippen molar-refractivity contribution in [3.63, 3.8) is 0 Å². The van der Waals surface area contributed by atoms with E-state index in [2.05, 4.69) is 5.32 Å². The summed E-state index contributed by atoms with van der Waals surface area (Å²) < 4.78 is 0. The van der Waals surface area contributed by atoms with Crippen molar-refractivity contribution < 1.29 is 9.59 Å². The summed E-state index contributed by atoms with van der Waals surface area (Å²) in [6.45, 7) is 4.17. The van der Waals surface area contributed by atoms with Crippen LogP contribution in [0.15, 0.2) is 24.3 Å². The smallest absolute Gasteiger partial charge is 0.253 e. The fourth-order valence-corrected chi connectivity index (χ4v) is 2.94. The van der Waals surface area contributed by atoms with Crippen LogP contribution in [0.5, 0.6) is 0 Å². The van der Waals surface area contributed by atoms with Gasteiger partial charge in [0, 0.05) is 43.9 Å². The number of halogens is 1. The molecular weight excluding hydrogens is 302 g/mol. The molecule has 1 aromatic rings. The molecule has 2 saturated heterocycles. The van der Waals surface area contributed by atoms with E-state index in [4.69, 9.17) is 0 Å². The van der Waals surface area contributed by atoms with Crippen molar-refractivity contribution >= 4 is 29.9 Å². The Kier molecular flexibility index (Phi) is 5.80. The second kappa shape index (κ2) is 7.61. The average molecular weight is 324 g/mol. The molecule has 2 fully saturated rings. The summed E-state index contributed by atoms with van der Waals surface area (Å²) in [6, 6.07) is 7.43. The Morgan fingerprint density at radius 1 is 1.00 bits per heavy atom. The number of hydrogen-bond acceptors (Lipinski definition) is 3.